The molecule has 1 unspecified atom stereocenters. The summed E-state index contributed by atoms with van der Waals surface area (Å²) in [6.45, 7) is 2.16. The molecule has 0 saturated carbocycles. The van der Waals surface area contributed by atoms with Gasteiger partial charge in [0, 0.05) is 10.5 Å². The molecule has 28 heavy (non-hydrogen) atoms. The molecule has 150 valence electrons. The van der Waals surface area contributed by atoms with E-state index in [0.29, 0.717) is 17.9 Å². The summed E-state index contributed by atoms with van der Waals surface area (Å²) in [5, 5.41) is 3.80. The van der Waals surface area contributed by atoms with Crippen molar-refractivity contribution in [1.29, 1.82) is 0 Å². The topological polar surface area (TPSA) is 101 Å². The second-order valence-corrected chi connectivity index (χ2v) is 6.79. The zero-order chi connectivity index (χ0) is 20.5. The first kappa shape index (κ1) is 21.5. The molecule has 0 saturated heterocycles. The largest absolute Gasteiger partial charge is 0.496 e. The van der Waals surface area contributed by atoms with E-state index in [1.807, 2.05) is 0 Å². The van der Waals surface area contributed by atoms with Crippen molar-refractivity contribution in [3.63, 3.8) is 0 Å². The van der Waals surface area contributed by atoms with Gasteiger partial charge in [0.1, 0.15) is 11.5 Å². The summed E-state index contributed by atoms with van der Waals surface area (Å²) in [5.41, 5.74) is 9.54. The maximum Gasteiger partial charge on any atom is 0.194 e. The van der Waals surface area contributed by atoms with E-state index < -0.39 is 6.04 Å². The number of unbranched alkanes of at least 4 members (excludes halogenated alkanes) is 5. The molecule has 0 spiro atoms. The summed E-state index contributed by atoms with van der Waals surface area (Å²) < 4.78 is 10.5. The highest BCUT2D eigenvalue weighted by Gasteiger charge is 2.34. The molecule has 1 aromatic rings. The molecular weight excluding hydrogens is 358 g/mol. The van der Waals surface area contributed by atoms with Crippen molar-refractivity contribution in [3.05, 3.63) is 45.4 Å². The van der Waals surface area contributed by atoms with Crippen molar-refractivity contribution in [1.82, 2.24) is 0 Å². The molecule has 0 amide bonds. The molecule has 0 fully saturated rings. The molecule has 0 N–H and O–H groups in total. The van der Waals surface area contributed by atoms with E-state index in [1.54, 1.807) is 12.1 Å². The van der Waals surface area contributed by atoms with E-state index in [1.165, 1.54) is 39.6 Å². The van der Waals surface area contributed by atoms with Crippen LogP contribution in [0.2, 0.25) is 0 Å². The number of benzene rings is 1. The Bertz CT molecular complexity index is 810. The number of hydrogen-bond donors (Lipinski definition) is 0. The predicted molar refractivity (Wildman–Crippen MR) is 107 cm³/mol. The average molecular weight is 385 g/mol. The molecule has 1 atom stereocenters. The first-order valence-corrected chi connectivity index (χ1v) is 9.68. The van der Waals surface area contributed by atoms with Gasteiger partial charge in [-0.05, 0) is 30.2 Å². The lowest BCUT2D eigenvalue weighted by atomic mass is 9.84. The summed E-state index contributed by atoms with van der Waals surface area (Å²) in [6, 6.07) is 2.53. The number of ketones is 2. The highest BCUT2D eigenvalue weighted by Crippen LogP contribution is 2.37. The normalized spacial score (nSPS) is 14.0. The van der Waals surface area contributed by atoms with E-state index in [-0.39, 0.29) is 28.3 Å². The molecule has 1 aromatic carbocycles. The Balaban J connectivity index is 2.27. The van der Waals surface area contributed by atoms with Crippen LogP contribution in [0.3, 0.4) is 0 Å². The highest BCUT2D eigenvalue weighted by molar-refractivity contribution is 6.27. The number of fused-ring (bicyclic) bond motifs is 1. The highest BCUT2D eigenvalue weighted by atomic mass is 16.5. The smallest absolute Gasteiger partial charge is 0.194 e. The minimum absolute atomic E-state index is 0.172. The fourth-order valence-corrected chi connectivity index (χ4v) is 3.50. The first-order chi connectivity index (χ1) is 13.6. The summed E-state index contributed by atoms with van der Waals surface area (Å²) in [5.74, 6) is -0.0742. The van der Waals surface area contributed by atoms with Gasteiger partial charge >= 0.3 is 0 Å². The fraction of sp³-hybridized carbons (Fsp3) is 0.524. The summed E-state index contributed by atoms with van der Waals surface area (Å²) >= 11 is 0. The quantitative estimate of drug-likeness (QED) is 0.219. The number of Topliss-reactive ketones (excluding diaryl/α,β-unsaturated/α-hetero) is 1. The number of rotatable bonds is 11. The number of ether oxygens (including phenoxy) is 2. The summed E-state index contributed by atoms with van der Waals surface area (Å²) in [7, 11) is 2.89. The first-order valence-electron chi connectivity index (χ1n) is 9.68. The molecule has 0 heterocycles. The third-order valence-corrected chi connectivity index (χ3v) is 4.97. The molecule has 0 aromatic heterocycles. The molecule has 7 nitrogen and oxygen atoms in total. The Hall–Kier alpha value is -2.79. The van der Waals surface area contributed by atoms with Crippen LogP contribution in [0.25, 0.3) is 10.4 Å². The number of allylic oxidation sites excluding steroid dienone is 1. The van der Waals surface area contributed by atoms with E-state index in [9.17, 15) is 9.59 Å². The van der Waals surface area contributed by atoms with Gasteiger partial charge in [0.25, 0.3) is 0 Å². The molecule has 7 heteroatoms. The lowest BCUT2D eigenvalue weighted by molar-refractivity contribution is 0.0973. The van der Waals surface area contributed by atoms with Gasteiger partial charge in [-0.15, -0.1) is 0 Å². The lowest BCUT2D eigenvalue weighted by Gasteiger charge is -2.22. The van der Waals surface area contributed by atoms with E-state index >= 15 is 0 Å². The fourth-order valence-electron chi connectivity index (χ4n) is 3.50. The van der Waals surface area contributed by atoms with Crippen molar-refractivity contribution in [2.24, 2.45) is 5.11 Å². The van der Waals surface area contributed by atoms with Gasteiger partial charge < -0.3 is 9.47 Å². The average Bonchev–Trinajstić information content (AvgIpc) is 2.71. The Morgan fingerprint density at radius 1 is 1.00 bits per heavy atom. The van der Waals surface area contributed by atoms with Gasteiger partial charge in [-0.3, -0.25) is 9.59 Å². The van der Waals surface area contributed by atoms with Gasteiger partial charge in [-0.2, -0.15) is 0 Å². The molecular formula is C21H27N3O4. The minimum Gasteiger partial charge on any atom is -0.496 e. The van der Waals surface area contributed by atoms with Crippen LogP contribution >= 0.6 is 0 Å². The van der Waals surface area contributed by atoms with Crippen molar-refractivity contribution in [2.45, 2.75) is 57.9 Å². The number of carbonyl (C=O) groups excluding carboxylic acids is 2. The number of azide groups is 1. The van der Waals surface area contributed by atoms with E-state index in [2.05, 4.69) is 16.9 Å². The second-order valence-electron chi connectivity index (χ2n) is 6.79. The van der Waals surface area contributed by atoms with Crippen molar-refractivity contribution in [2.75, 3.05) is 14.2 Å². The summed E-state index contributed by atoms with van der Waals surface area (Å²) in [6.07, 6.45) is 8.30. The molecule has 2 rings (SSSR count). The third-order valence-electron chi connectivity index (χ3n) is 4.97. The van der Waals surface area contributed by atoms with E-state index in [0.717, 1.165) is 19.3 Å². The lowest BCUT2D eigenvalue weighted by Crippen LogP contribution is -2.25. The van der Waals surface area contributed by atoms with E-state index in [4.69, 9.17) is 15.0 Å². The number of methoxy groups -OCH3 is 2. The Morgan fingerprint density at radius 2 is 1.61 bits per heavy atom. The Morgan fingerprint density at radius 3 is 2.21 bits per heavy atom. The van der Waals surface area contributed by atoms with Crippen molar-refractivity contribution >= 4 is 11.6 Å². The second kappa shape index (κ2) is 10.5. The van der Waals surface area contributed by atoms with Crippen LogP contribution in [-0.4, -0.2) is 31.8 Å². The Kier molecular flexibility index (Phi) is 8.08. The monoisotopic (exact) mass is 385 g/mol. The molecule has 0 radical (unpaired) electrons. The standard InChI is InChI=1S/C21H27N3O4/c1-4-5-6-7-8-9-10-15(23-24-22)14-13-16(25)19-17(27-2)11-12-18(28-3)20(19)21(14)26/h11-13,15H,4-10H2,1-3H3. The number of nitrogens with zero attached hydrogens (tertiary/aromatic N) is 3. The van der Waals surface area contributed by atoms with Crippen LogP contribution in [0.5, 0.6) is 11.5 Å². The van der Waals surface area contributed by atoms with Crippen LogP contribution in [0, 0.1) is 0 Å². The van der Waals surface area contributed by atoms with Gasteiger partial charge in [0.05, 0.1) is 31.4 Å². The van der Waals surface area contributed by atoms with Crippen LogP contribution in [0.15, 0.2) is 28.9 Å². The summed E-state index contributed by atoms with van der Waals surface area (Å²) in [4.78, 5) is 28.8. The van der Waals surface area contributed by atoms with Gasteiger partial charge in [-0.1, -0.05) is 50.6 Å². The maximum absolute atomic E-state index is 13.2. The Labute approximate surface area is 165 Å². The maximum atomic E-state index is 13.2. The third kappa shape index (κ3) is 4.73. The zero-order valence-corrected chi connectivity index (χ0v) is 16.7. The van der Waals surface area contributed by atoms with Crippen molar-refractivity contribution in [3.8, 4) is 11.5 Å². The zero-order valence-electron chi connectivity index (χ0n) is 16.7. The van der Waals surface area contributed by atoms with Crippen LogP contribution in [0.4, 0.5) is 0 Å². The minimum atomic E-state index is -0.670. The van der Waals surface area contributed by atoms with Gasteiger partial charge in [-0.25, -0.2) is 0 Å². The molecule has 0 aliphatic heterocycles. The SMILES string of the molecule is CCCCCCCCC(N=[N+]=[N-])C1=CC(=O)c2c(OC)ccc(OC)c2C1=O. The van der Waals surface area contributed by atoms with Gasteiger partial charge in [0.15, 0.2) is 11.6 Å². The molecule has 0 bridgehead atoms. The van der Waals surface area contributed by atoms with Crippen LogP contribution in [-0.2, 0) is 0 Å². The van der Waals surface area contributed by atoms with Crippen molar-refractivity contribution < 1.29 is 19.1 Å². The molecule has 1 aliphatic rings. The predicted octanol–water partition coefficient (Wildman–Crippen LogP) is 5.44. The number of carbonyl (C=O) groups is 2. The van der Waals surface area contributed by atoms with Crippen LogP contribution in [0.1, 0.15) is 72.6 Å². The van der Waals surface area contributed by atoms with Crippen LogP contribution < -0.4 is 9.47 Å². The number of hydrogen-bond acceptors (Lipinski definition) is 5. The molecule has 1 aliphatic carbocycles. The van der Waals surface area contributed by atoms with Gasteiger partial charge in [0.2, 0.25) is 0 Å².